The molecule has 0 radical (unpaired) electrons. The number of hydrogen-bond donors (Lipinski definition) is 0. The third-order valence-electron chi connectivity index (χ3n) is 3.80. The Bertz CT molecular complexity index is 510. The zero-order chi connectivity index (χ0) is 11.9. The lowest BCUT2D eigenvalue weighted by Gasteiger charge is -2.34. The number of aromatic nitrogens is 1. The zero-order valence-corrected chi connectivity index (χ0v) is 9.35. The Balaban J connectivity index is 1.97. The van der Waals surface area contributed by atoms with Gasteiger partial charge in [-0.3, -0.25) is 4.98 Å². The third kappa shape index (κ3) is 1.42. The number of esters is 1. The van der Waals surface area contributed by atoms with Crippen LogP contribution in [0.4, 0.5) is 0 Å². The van der Waals surface area contributed by atoms with Gasteiger partial charge in [0.2, 0.25) is 0 Å². The molecule has 1 aliphatic heterocycles. The summed E-state index contributed by atoms with van der Waals surface area (Å²) in [4.78, 5) is 15.7. The van der Waals surface area contributed by atoms with Crippen LogP contribution in [0.1, 0.15) is 41.6 Å². The minimum absolute atomic E-state index is 0.102. The average Bonchev–Trinajstić information content (AvgIpc) is 2.65. The van der Waals surface area contributed by atoms with Crippen molar-refractivity contribution in [2.24, 2.45) is 5.92 Å². The van der Waals surface area contributed by atoms with Crippen LogP contribution in [-0.2, 0) is 10.3 Å². The molecular formula is C13H12N2O2. The van der Waals surface area contributed by atoms with Gasteiger partial charge >= 0.3 is 5.97 Å². The molecule has 0 saturated heterocycles. The smallest absolute Gasteiger partial charge is 0.341 e. The first-order valence-electron chi connectivity index (χ1n) is 5.83. The molecule has 2 heterocycles. The van der Waals surface area contributed by atoms with Crippen LogP contribution in [0, 0.1) is 17.2 Å². The summed E-state index contributed by atoms with van der Waals surface area (Å²) in [5, 5.41) is 8.90. The number of ether oxygens (including phenoxy) is 1. The summed E-state index contributed by atoms with van der Waals surface area (Å²) < 4.78 is 5.56. The Morgan fingerprint density at radius 3 is 2.94 bits per heavy atom. The number of hydrogen-bond acceptors (Lipinski definition) is 4. The lowest BCUT2D eigenvalue weighted by Crippen LogP contribution is -2.31. The molecule has 1 aliphatic carbocycles. The highest BCUT2D eigenvalue weighted by Gasteiger charge is 2.47. The monoisotopic (exact) mass is 228 g/mol. The number of carbonyl (C=O) groups is 1. The van der Waals surface area contributed by atoms with E-state index in [0.29, 0.717) is 5.56 Å². The molecule has 1 saturated carbocycles. The standard InChI is InChI=1S/C13H12N2O2/c14-7-9-1-4-13(5-2-9)11-3-6-15-8-10(11)12(16)17-13/h3,6,8-9H,1-2,4-5H2/t9-,13-. The molecule has 86 valence electrons. The molecular weight excluding hydrogens is 216 g/mol. The number of nitrogens with zero attached hydrogens (tertiary/aromatic N) is 2. The van der Waals surface area contributed by atoms with E-state index in [1.54, 1.807) is 12.4 Å². The number of rotatable bonds is 0. The highest BCUT2D eigenvalue weighted by atomic mass is 16.6. The molecule has 1 spiro atoms. The summed E-state index contributed by atoms with van der Waals surface area (Å²) in [5.41, 5.74) is 1.06. The fraction of sp³-hybridized carbons (Fsp3) is 0.462. The van der Waals surface area contributed by atoms with Crippen molar-refractivity contribution in [1.82, 2.24) is 4.98 Å². The van der Waals surface area contributed by atoms with E-state index in [4.69, 9.17) is 10.00 Å². The normalized spacial score (nSPS) is 30.8. The maximum atomic E-state index is 11.8. The Morgan fingerprint density at radius 1 is 1.47 bits per heavy atom. The summed E-state index contributed by atoms with van der Waals surface area (Å²) in [5.74, 6) is -0.172. The topological polar surface area (TPSA) is 63.0 Å². The maximum Gasteiger partial charge on any atom is 0.341 e. The molecule has 2 aliphatic rings. The minimum atomic E-state index is -0.483. The molecule has 1 fully saturated rings. The Labute approximate surface area is 99.2 Å². The Kier molecular flexibility index (Phi) is 2.15. The molecule has 1 aromatic rings. The van der Waals surface area contributed by atoms with Crippen molar-refractivity contribution in [3.8, 4) is 6.07 Å². The van der Waals surface area contributed by atoms with E-state index in [9.17, 15) is 4.79 Å². The van der Waals surface area contributed by atoms with E-state index in [-0.39, 0.29) is 11.9 Å². The van der Waals surface area contributed by atoms with Crippen LogP contribution in [0.3, 0.4) is 0 Å². The lowest BCUT2D eigenvalue weighted by atomic mass is 9.76. The first-order chi connectivity index (χ1) is 8.25. The van der Waals surface area contributed by atoms with Crippen LogP contribution in [-0.4, -0.2) is 11.0 Å². The number of carbonyl (C=O) groups excluding carboxylic acids is 1. The van der Waals surface area contributed by atoms with Crippen LogP contribution in [0.15, 0.2) is 18.5 Å². The van der Waals surface area contributed by atoms with Gasteiger partial charge in [-0.2, -0.15) is 5.26 Å². The summed E-state index contributed by atoms with van der Waals surface area (Å²) in [6.07, 6.45) is 6.35. The predicted molar refractivity (Wildman–Crippen MR) is 58.9 cm³/mol. The SMILES string of the molecule is N#C[C@H]1CC[C@@]2(CC1)OC(=O)c1cnccc12. The predicted octanol–water partition coefficient (Wildman–Crippen LogP) is 2.16. The molecule has 3 rings (SSSR count). The van der Waals surface area contributed by atoms with Gasteiger partial charge in [0, 0.05) is 23.9 Å². The molecule has 0 unspecified atom stereocenters. The molecule has 4 nitrogen and oxygen atoms in total. The van der Waals surface area contributed by atoms with Crippen LogP contribution in [0.25, 0.3) is 0 Å². The third-order valence-corrected chi connectivity index (χ3v) is 3.80. The molecule has 0 atom stereocenters. The highest BCUT2D eigenvalue weighted by molar-refractivity contribution is 5.94. The number of pyridine rings is 1. The van der Waals surface area contributed by atoms with Crippen molar-refractivity contribution in [2.45, 2.75) is 31.3 Å². The molecule has 0 N–H and O–H groups in total. The van der Waals surface area contributed by atoms with Crippen molar-refractivity contribution < 1.29 is 9.53 Å². The van der Waals surface area contributed by atoms with Gasteiger partial charge in [0.15, 0.2) is 0 Å². The molecule has 17 heavy (non-hydrogen) atoms. The molecule has 0 bridgehead atoms. The van der Waals surface area contributed by atoms with Gasteiger partial charge in [-0.1, -0.05) is 0 Å². The van der Waals surface area contributed by atoms with E-state index in [2.05, 4.69) is 11.1 Å². The van der Waals surface area contributed by atoms with Crippen LogP contribution in [0.5, 0.6) is 0 Å². The highest BCUT2D eigenvalue weighted by Crippen LogP contribution is 2.47. The van der Waals surface area contributed by atoms with E-state index in [0.717, 1.165) is 31.2 Å². The van der Waals surface area contributed by atoms with Crippen molar-refractivity contribution in [2.75, 3.05) is 0 Å². The Morgan fingerprint density at radius 2 is 2.24 bits per heavy atom. The van der Waals surface area contributed by atoms with Gasteiger partial charge in [-0.15, -0.1) is 0 Å². The molecule has 1 aromatic heterocycles. The second kappa shape index (κ2) is 3.56. The quantitative estimate of drug-likeness (QED) is 0.638. The maximum absolute atomic E-state index is 11.8. The summed E-state index contributed by atoms with van der Waals surface area (Å²) in [6, 6.07) is 4.16. The first-order valence-corrected chi connectivity index (χ1v) is 5.83. The lowest BCUT2D eigenvalue weighted by molar-refractivity contribution is -0.0323. The molecule has 0 amide bonds. The second-order valence-electron chi connectivity index (χ2n) is 4.71. The van der Waals surface area contributed by atoms with Gasteiger partial charge in [0.25, 0.3) is 0 Å². The van der Waals surface area contributed by atoms with E-state index in [1.165, 1.54) is 0 Å². The van der Waals surface area contributed by atoms with Crippen LogP contribution < -0.4 is 0 Å². The minimum Gasteiger partial charge on any atom is -0.451 e. The fourth-order valence-corrected chi connectivity index (χ4v) is 2.83. The fourth-order valence-electron chi connectivity index (χ4n) is 2.83. The average molecular weight is 228 g/mol. The van der Waals surface area contributed by atoms with Gasteiger partial charge in [-0.05, 0) is 31.7 Å². The van der Waals surface area contributed by atoms with E-state index < -0.39 is 5.60 Å². The molecule has 4 heteroatoms. The van der Waals surface area contributed by atoms with Crippen molar-refractivity contribution >= 4 is 5.97 Å². The van der Waals surface area contributed by atoms with Gasteiger partial charge in [-0.25, -0.2) is 4.79 Å². The zero-order valence-electron chi connectivity index (χ0n) is 9.35. The van der Waals surface area contributed by atoms with Gasteiger partial charge in [0.05, 0.1) is 11.6 Å². The Hall–Kier alpha value is -1.89. The summed E-state index contributed by atoms with van der Waals surface area (Å²) in [7, 11) is 0. The van der Waals surface area contributed by atoms with E-state index in [1.807, 2.05) is 6.07 Å². The molecule has 0 aromatic carbocycles. The van der Waals surface area contributed by atoms with Crippen LogP contribution in [0.2, 0.25) is 0 Å². The summed E-state index contributed by atoms with van der Waals surface area (Å²) >= 11 is 0. The van der Waals surface area contributed by atoms with Gasteiger partial charge < -0.3 is 4.74 Å². The van der Waals surface area contributed by atoms with Gasteiger partial charge in [0.1, 0.15) is 5.60 Å². The van der Waals surface area contributed by atoms with E-state index >= 15 is 0 Å². The largest absolute Gasteiger partial charge is 0.451 e. The van der Waals surface area contributed by atoms with Crippen molar-refractivity contribution in [3.05, 3.63) is 29.6 Å². The number of nitriles is 1. The second-order valence-corrected chi connectivity index (χ2v) is 4.71. The number of fused-ring (bicyclic) bond motifs is 2. The van der Waals surface area contributed by atoms with Crippen molar-refractivity contribution in [3.63, 3.8) is 0 Å². The first kappa shape index (κ1) is 10.3. The summed E-state index contributed by atoms with van der Waals surface area (Å²) in [6.45, 7) is 0. The van der Waals surface area contributed by atoms with Crippen LogP contribution >= 0.6 is 0 Å². The van der Waals surface area contributed by atoms with Crippen molar-refractivity contribution in [1.29, 1.82) is 5.26 Å².